The third-order valence-corrected chi connectivity index (χ3v) is 7.23. The third-order valence-electron chi connectivity index (χ3n) is 6.70. The molecular weight excluding hydrogens is 740 g/mol. The molecule has 6 aromatic carbocycles. The van der Waals surface area contributed by atoms with Gasteiger partial charge in [0.2, 0.25) is 0 Å². The molecule has 0 aliphatic heterocycles. The van der Waals surface area contributed by atoms with Crippen molar-refractivity contribution < 1.29 is 28.6 Å². The van der Waals surface area contributed by atoms with E-state index in [1.807, 2.05) is 69.3 Å². The molecule has 0 aliphatic rings. The van der Waals surface area contributed by atoms with Crippen LogP contribution in [-0.2, 0) is 18.6 Å². The minimum atomic E-state index is -1.35. The van der Waals surface area contributed by atoms with Gasteiger partial charge in [-0.1, -0.05) is 198 Å². The molecule has 2 nitrogen and oxygen atoms in total. The van der Waals surface area contributed by atoms with Crippen molar-refractivity contribution in [1.29, 1.82) is 0 Å². The number of halogens is 1. The van der Waals surface area contributed by atoms with Crippen LogP contribution in [-0.4, -0.2) is 17.2 Å². The first kappa shape index (κ1) is 46.2. The van der Waals surface area contributed by atoms with E-state index < -0.39 is 7.12 Å². The zero-order chi connectivity index (χ0) is 35.7. The van der Waals surface area contributed by atoms with Gasteiger partial charge in [0.15, 0.2) is 0 Å². The van der Waals surface area contributed by atoms with Gasteiger partial charge in [0.05, 0.1) is 0 Å². The second kappa shape index (κ2) is 28.0. The summed E-state index contributed by atoms with van der Waals surface area (Å²) in [5, 5.41) is 17.3. The van der Waals surface area contributed by atoms with Crippen LogP contribution in [0.3, 0.4) is 0 Å². The minimum absolute atomic E-state index is 0. The third kappa shape index (κ3) is 19.9. The van der Waals surface area contributed by atoms with Crippen LogP contribution >= 0.6 is 33.8 Å². The van der Waals surface area contributed by atoms with Gasteiger partial charge in [0.1, 0.15) is 0 Å². The maximum atomic E-state index is 8.67. The zero-order valence-corrected chi connectivity index (χ0v) is 34.8. The van der Waals surface area contributed by atoms with Crippen LogP contribution in [0.15, 0.2) is 162 Å². The molecule has 0 spiro atoms. The summed E-state index contributed by atoms with van der Waals surface area (Å²) in [6.45, 7) is 12.3. The van der Waals surface area contributed by atoms with Gasteiger partial charge in [-0.3, -0.25) is 0 Å². The van der Waals surface area contributed by atoms with E-state index in [4.69, 9.17) is 10.0 Å². The maximum absolute atomic E-state index is 8.67. The molecule has 255 valence electrons. The summed E-state index contributed by atoms with van der Waals surface area (Å²) < 4.78 is 1.13. The molecule has 0 fully saturated rings. The Balaban J connectivity index is 0.000000616. The van der Waals surface area contributed by atoms with Crippen LogP contribution in [0.1, 0.15) is 36.1 Å². The van der Waals surface area contributed by atoms with Gasteiger partial charge in [-0.05, 0) is 67.5 Å². The first-order chi connectivity index (χ1) is 23.2. The summed E-state index contributed by atoms with van der Waals surface area (Å²) in [5.74, 6) is 0. The standard InChI is InChI=1S/C14H14.C13H12.C7H9BO2.C6H5Br.C2H6.H4P2.V/c1-11-3-7-13(8-4-11)14-9-5-12(2)6-10-14;1-11-7-9-13(10-8-11)12-5-3-2-4-6-12;1-6-2-4-7(5-3-6)8(9)10;7-6-4-2-1-3-5-6;2*1-2;/h3-10H,1-2H3;2-10H,1H3;2-5,9-10H,1H3;1-5H;1-2H3;1-2H2;. The van der Waals surface area contributed by atoms with E-state index in [1.54, 1.807) is 12.1 Å². The van der Waals surface area contributed by atoms with E-state index in [0.29, 0.717) is 5.46 Å². The molecule has 49 heavy (non-hydrogen) atoms. The molecule has 0 saturated carbocycles. The summed E-state index contributed by atoms with van der Waals surface area (Å²) in [7, 11) is 3.32. The molecule has 6 rings (SSSR count). The Morgan fingerprint density at radius 2 is 0.653 bits per heavy atom. The molecule has 0 bridgehead atoms. The fourth-order valence-electron chi connectivity index (χ4n) is 4.02. The van der Waals surface area contributed by atoms with Crippen LogP contribution in [0.2, 0.25) is 0 Å². The van der Waals surface area contributed by atoms with Crippen LogP contribution in [0.5, 0.6) is 0 Å². The Morgan fingerprint density at radius 3 is 0.898 bits per heavy atom. The van der Waals surface area contributed by atoms with Gasteiger partial charge >= 0.3 is 7.12 Å². The van der Waals surface area contributed by atoms with Crippen molar-refractivity contribution in [3.8, 4) is 22.3 Å². The maximum Gasteiger partial charge on any atom is 0.488 e. The Morgan fingerprint density at radius 1 is 0.408 bits per heavy atom. The van der Waals surface area contributed by atoms with Gasteiger partial charge in [0.25, 0.3) is 0 Å². The van der Waals surface area contributed by atoms with Crippen molar-refractivity contribution in [2.75, 3.05) is 0 Å². The van der Waals surface area contributed by atoms with Crippen LogP contribution in [0, 0.1) is 27.7 Å². The van der Waals surface area contributed by atoms with Crippen LogP contribution < -0.4 is 5.46 Å². The largest absolute Gasteiger partial charge is 0.488 e. The first-order valence-corrected chi connectivity index (χ1v) is 19.4. The normalized spacial score (nSPS) is 8.96. The topological polar surface area (TPSA) is 40.5 Å². The summed E-state index contributed by atoms with van der Waals surface area (Å²) in [6, 6.07) is 53.3. The summed E-state index contributed by atoms with van der Waals surface area (Å²) in [6.07, 6.45) is 0. The van der Waals surface area contributed by atoms with Crippen LogP contribution in [0.25, 0.3) is 22.3 Å². The molecule has 2 atom stereocenters. The van der Waals surface area contributed by atoms with Crippen molar-refractivity contribution in [3.05, 3.63) is 184 Å². The average Bonchev–Trinajstić information content (AvgIpc) is 3.13. The molecule has 2 unspecified atom stereocenters. The predicted molar refractivity (Wildman–Crippen MR) is 224 cm³/mol. The zero-order valence-electron chi connectivity index (χ0n) is 29.5. The van der Waals surface area contributed by atoms with Crippen LogP contribution in [0.4, 0.5) is 0 Å². The average molecular weight is 790 g/mol. The molecule has 7 heteroatoms. The molecule has 0 amide bonds. The Bertz CT molecular complexity index is 1590. The number of aryl methyl sites for hydroxylation is 4. The summed E-state index contributed by atoms with van der Waals surface area (Å²) >= 11 is 3.31. The van der Waals surface area contributed by atoms with Gasteiger partial charge < -0.3 is 10.0 Å². The molecule has 0 aliphatic carbocycles. The molecule has 0 saturated heterocycles. The van der Waals surface area contributed by atoms with Crippen molar-refractivity contribution in [3.63, 3.8) is 0 Å². The van der Waals surface area contributed by atoms with Gasteiger partial charge in [0, 0.05) is 23.0 Å². The molecule has 6 aromatic rings. The fourth-order valence-corrected chi connectivity index (χ4v) is 4.33. The predicted octanol–water partition coefficient (Wildman–Crippen LogP) is 11.4. The molecule has 1 radical (unpaired) electrons. The van der Waals surface area contributed by atoms with Crippen molar-refractivity contribution >= 4 is 46.4 Å². The van der Waals surface area contributed by atoms with Gasteiger partial charge in [-0.15, -0.1) is 17.9 Å². The molecule has 0 aromatic heterocycles. The minimum Gasteiger partial charge on any atom is -0.423 e. The van der Waals surface area contributed by atoms with Crippen molar-refractivity contribution in [1.82, 2.24) is 0 Å². The van der Waals surface area contributed by atoms with E-state index in [2.05, 4.69) is 152 Å². The Kier molecular flexibility index (Phi) is 26.4. The Labute approximate surface area is 321 Å². The van der Waals surface area contributed by atoms with Crippen molar-refractivity contribution in [2.24, 2.45) is 0 Å². The Hall–Kier alpha value is -2.77. The summed E-state index contributed by atoms with van der Waals surface area (Å²) in [4.78, 5) is 0. The van der Waals surface area contributed by atoms with E-state index in [1.165, 1.54) is 38.9 Å². The second-order valence-electron chi connectivity index (χ2n) is 10.5. The van der Waals surface area contributed by atoms with E-state index in [9.17, 15) is 0 Å². The number of benzene rings is 6. The summed E-state index contributed by atoms with van der Waals surface area (Å²) in [5.41, 5.74) is 10.7. The van der Waals surface area contributed by atoms with Gasteiger partial charge in [-0.25, -0.2) is 0 Å². The van der Waals surface area contributed by atoms with E-state index in [0.717, 1.165) is 10.0 Å². The fraction of sp³-hybridized carbons (Fsp3) is 0.143. The molecular formula is C42H50BBrO2P2V. The monoisotopic (exact) mass is 789 g/mol. The van der Waals surface area contributed by atoms with Gasteiger partial charge in [-0.2, -0.15) is 0 Å². The molecule has 2 N–H and O–H groups in total. The number of hydrogen-bond donors (Lipinski definition) is 2. The smallest absolute Gasteiger partial charge is 0.423 e. The van der Waals surface area contributed by atoms with E-state index in [-0.39, 0.29) is 18.6 Å². The first-order valence-electron chi connectivity index (χ1n) is 15.9. The SMILES string of the molecule is Brc1ccccc1.CC.Cc1ccc(-c2ccc(C)cc2)cc1.Cc1ccc(-c2ccccc2)cc1.Cc1ccc(B(O)O)cc1.PP.[V]. The quantitative estimate of drug-likeness (QED) is 0.138. The van der Waals surface area contributed by atoms with Crippen molar-refractivity contribution in [2.45, 2.75) is 41.5 Å². The number of rotatable bonds is 3. The second-order valence-corrected chi connectivity index (χ2v) is 11.5. The number of hydrogen-bond acceptors (Lipinski definition) is 2. The van der Waals surface area contributed by atoms with E-state index >= 15 is 0 Å². The molecule has 0 heterocycles.